The lowest BCUT2D eigenvalue weighted by molar-refractivity contribution is -0.168. The topological polar surface area (TPSA) is 63.7 Å². The third-order valence-electron chi connectivity index (χ3n) is 4.26. The lowest BCUT2D eigenvalue weighted by Crippen LogP contribution is -2.43. The highest BCUT2D eigenvalue weighted by Gasteiger charge is 2.27. The Kier molecular flexibility index (Phi) is 6.45. The lowest BCUT2D eigenvalue weighted by atomic mass is 9.97. The molecular formula is C21H22FNO4. The first kappa shape index (κ1) is 20.3. The van der Waals surface area contributed by atoms with E-state index in [9.17, 15) is 18.8 Å². The SMILES string of the molecule is CC(=O)N(C(C)=O)C(C)OC(=O)C(C)c1ccc(-c2ccccc2)c(F)c1. The number of halogens is 1. The van der Waals surface area contributed by atoms with E-state index in [4.69, 9.17) is 4.74 Å². The molecule has 0 aliphatic carbocycles. The van der Waals surface area contributed by atoms with E-state index in [2.05, 4.69) is 0 Å². The van der Waals surface area contributed by atoms with Crippen LogP contribution >= 0.6 is 0 Å². The van der Waals surface area contributed by atoms with Gasteiger partial charge in [0.25, 0.3) is 0 Å². The molecule has 2 atom stereocenters. The average molecular weight is 371 g/mol. The summed E-state index contributed by atoms with van der Waals surface area (Å²) in [4.78, 5) is 36.3. The molecule has 0 bridgehead atoms. The molecule has 0 radical (unpaired) electrons. The van der Waals surface area contributed by atoms with Crippen LogP contribution in [0.4, 0.5) is 4.39 Å². The molecule has 2 aromatic rings. The Morgan fingerprint density at radius 1 is 0.963 bits per heavy atom. The van der Waals surface area contributed by atoms with Crippen LogP contribution in [0.15, 0.2) is 48.5 Å². The molecule has 0 aliphatic rings. The summed E-state index contributed by atoms with van der Waals surface area (Å²) in [6.07, 6.45) is -1.04. The zero-order valence-electron chi connectivity index (χ0n) is 15.7. The third-order valence-corrected chi connectivity index (χ3v) is 4.26. The summed E-state index contributed by atoms with van der Waals surface area (Å²) >= 11 is 0. The molecule has 2 unspecified atom stereocenters. The zero-order valence-corrected chi connectivity index (χ0v) is 15.7. The van der Waals surface area contributed by atoms with Crippen molar-refractivity contribution in [2.45, 2.75) is 39.8 Å². The summed E-state index contributed by atoms with van der Waals surface area (Å²) in [6.45, 7) is 5.45. The second kappa shape index (κ2) is 8.58. The van der Waals surface area contributed by atoms with Crippen molar-refractivity contribution in [1.29, 1.82) is 0 Å². The van der Waals surface area contributed by atoms with Gasteiger partial charge in [0.15, 0.2) is 6.23 Å². The number of nitrogens with zero attached hydrogens (tertiary/aromatic N) is 1. The monoisotopic (exact) mass is 371 g/mol. The third kappa shape index (κ3) is 4.78. The van der Waals surface area contributed by atoms with Gasteiger partial charge in [0.1, 0.15) is 5.82 Å². The number of amides is 2. The summed E-state index contributed by atoms with van der Waals surface area (Å²) in [7, 11) is 0. The average Bonchev–Trinajstić information content (AvgIpc) is 2.60. The number of benzene rings is 2. The Morgan fingerprint density at radius 3 is 2.07 bits per heavy atom. The maximum Gasteiger partial charge on any atom is 0.315 e. The molecule has 0 heterocycles. The minimum atomic E-state index is -1.04. The number of esters is 1. The highest BCUT2D eigenvalue weighted by molar-refractivity contribution is 5.93. The molecule has 142 valence electrons. The van der Waals surface area contributed by atoms with Crippen LogP contribution in [0.5, 0.6) is 0 Å². The van der Waals surface area contributed by atoms with Gasteiger partial charge < -0.3 is 4.74 Å². The normalized spacial score (nSPS) is 12.8. The number of hydrogen-bond acceptors (Lipinski definition) is 4. The van der Waals surface area contributed by atoms with Gasteiger partial charge in [0.05, 0.1) is 5.92 Å². The molecule has 5 nitrogen and oxygen atoms in total. The van der Waals surface area contributed by atoms with E-state index < -0.39 is 35.7 Å². The highest BCUT2D eigenvalue weighted by Crippen LogP contribution is 2.27. The molecule has 0 fully saturated rings. The van der Waals surface area contributed by atoms with Crippen LogP contribution in [0, 0.1) is 5.82 Å². The predicted molar refractivity (Wildman–Crippen MR) is 99.0 cm³/mol. The summed E-state index contributed by atoms with van der Waals surface area (Å²) in [5.41, 5.74) is 1.62. The van der Waals surface area contributed by atoms with Crippen LogP contribution in [-0.4, -0.2) is 28.9 Å². The molecule has 0 saturated heterocycles. The zero-order chi connectivity index (χ0) is 20.1. The molecule has 2 amide bonds. The van der Waals surface area contributed by atoms with E-state index in [0.29, 0.717) is 11.1 Å². The number of carbonyl (C=O) groups is 3. The lowest BCUT2D eigenvalue weighted by Gasteiger charge is -2.26. The van der Waals surface area contributed by atoms with E-state index >= 15 is 0 Å². The summed E-state index contributed by atoms with van der Waals surface area (Å²) in [5, 5.41) is 0. The molecule has 2 aromatic carbocycles. The van der Waals surface area contributed by atoms with Crippen molar-refractivity contribution in [3.05, 3.63) is 59.9 Å². The van der Waals surface area contributed by atoms with E-state index in [-0.39, 0.29) is 0 Å². The fraction of sp³-hybridized carbons (Fsp3) is 0.286. The number of hydrogen-bond donors (Lipinski definition) is 0. The van der Waals surface area contributed by atoms with Crippen molar-refractivity contribution in [2.24, 2.45) is 0 Å². The Labute approximate surface area is 157 Å². The van der Waals surface area contributed by atoms with Gasteiger partial charge in [-0.05, 0) is 31.0 Å². The van der Waals surface area contributed by atoms with Crippen LogP contribution in [0.2, 0.25) is 0 Å². The highest BCUT2D eigenvalue weighted by atomic mass is 19.1. The Hall–Kier alpha value is -3.02. The molecule has 2 rings (SSSR count). The van der Waals surface area contributed by atoms with Gasteiger partial charge in [-0.25, -0.2) is 9.29 Å². The van der Waals surface area contributed by atoms with Crippen LogP contribution in [-0.2, 0) is 19.1 Å². The predicted octanol–water partition coefficient (Wildman–Crippen LogP) is 3.88. The van der Waals surface area contributed by atoms with Crippen molar-refractivity contribution < 1.29 is 23.5 Å². The number of carbonyl (C=O) groups excluding carboxylic acids is 3. The standard InChI is InChI=1S/C21H22FNO4/c1-13(21(26)27-16(4)23(14(2)24)15(3)25)18-10-11-19(20(22)12-18)17-8-6-5-7-9-17/h5-13,16H,1-4H3. The fourth-order valence-corrected chi connectivity index (χ4v) is 2.85. The largest absolute Gasteiger partial charge is 0.441 e. The van der Waals surface area contributed by atoms with Gasteiger partial charge in [-0.3, -0.25) is 14.4 Å². The molecule has 0 N–H and O–H groups in total. The molecule has 27 heavy (non-hydrogen) atoms. The van der Waals surface area contributed by atoms with E-state index in [1.54, 1.807) is 31.2 Å². The summed E-state index contributed by atoms with van der Waals surface area (Å²) < 4.78 is 19.7. The minimum absolute atomic E-state index is 0.438. The first-order valence-corrected chi connectivity index (χ1v) is 8.58. The minimum Gasteiger partial charge on any atom is -0.441 e. The Morgan fingerprint density at radius 2 is 1.56 bits per heavy atom. The summed E-state index contributed by atoms with van der Waals surface area (Å²) in [5.74, 6) is -2.89. The first-order valence-electron chi connectivity index (χ1n) is 8.58. The van der Waals surface area contributed by atoms with Gasteiger partial charge in [-0.15, -0.1) is 0 Å². The quantitative estimate of drug-likeness (QED) is 0.591. The van der Waals surface area contributed by atoms with Gasteiger partial charge >= 0.3 is 5.97 Å². The molecule has 0 saturated carbocycles. The molecule has 6 heteroatoms. The van der Waals surface area contributed by atoms with Crippen molar-refractivity contribution in [1.82, 2.24) is 4.90 Å². The van der Waals surface area contributed by atoms with E-state index in [0.717, 1.165) is 10.5 Å². The van der Waals surface area contributed by atoms with Crippen LogP contribution in [0.25, 0.3) is 11.1 Å². The van der Waals surface area contributed by atoms with Crippen molar-refractivity contribution in [3.8, 4) is 11.1 Å². The maximum atomic E-state index is 14.5. The second-order valence-corrected chi connectivity index (χ2v) is 6.27. The maximum absolute atomic E-state index is 14.5. The first-order chi connectivity index (χ1) is 12.7. The van der Waals surface area contributed by atoms with Gasteiger partial charge in [-0.1, -0.05) is 42.5 Å². The van der Waals surface area contributed by atoms with Crippen molar-refractivity contribution >= 4 is 17.8 Å². The number of ether oxygens (including phenoxy) is 1. The van der Waals surface area contributed by atoms with Crippen molar-refractivity contribution in [2.75, 3.05) is 0 Å². The fourth-order valence-electron chi connectivity index (χ4n) is 2.85. The van der Waals surface area contributed by atoms with Crippen LogP contribution in [0.3, 0.4) is 0 Å². The second-order valence-electron chi connectivity index (χ2n) is 6.27. The van der Waals surface area contributed by atoms with Gasteiger partial charge in [-0.2, -0.15) is 0 Å². The summed E-state index contributed by atoms with van der Waals surface area (Å²) in [6, 6.07) is 13.7. The Bertz CT molecular complexity index is 837. The van der Waals surface area contributed by atoms with Crippen LogP contribution in [0.1, 0.15) is 39.2 Å². The van der Waals surface area contributed by atoms with Crippen LogP contribution < -0.4 is 0 Å². The molecular weight excluding hydrogens is 349 g/mol. The molecule has 0 aliphatic heterocycles. The number of rotatable bonds is 5. The molecule has 0 aromatic heterocycles. The Balaban J connectivity index is 2.16. The van der Waals surface area contributed by atoms with Crippen molar-refractivity contribution in [3.63, 3.8) is 0 Å². The van der Waals surface area contributed by atoms with E-state index in [1.807, 2.05) is 18.2 Å². The number of imide groups is 1. The molecule has 0 spiro atoms. The smallest absolute Gasteiger partial charge is 0.315 e. The van der Waals surface area contributed by atoms with E-state index in [1.165, 1.54) is 26.8 Å². The van der Waals surface area contributed by atoms with Gasteiger partial charge in [0.2, 0.25) is 11.8 Å². The van der Waals surface area contributed by atoms with Gasteiger partial charge in [0, 0.05) is 19.4 Å².